The molecule has 2 aromatic carbocycles. The summed E-state index contributed by atoms with van der Waals surface area (Å²) in [6.45, 7) is 1.14. The molecule has 0 unspecified atom stereocenters. The molecule has 0 radical (unpaired) electrons. The average molecular weight is 404 g/mol. The lowest BCUT2D eigenvalue weighted by Gasteiger charge is -2.36. The van der Waals surface area contributed by atoms with Gasteiger partial charge in [0.05, 0.1) is 0 Å². The molecule has 0 spiro atoms. The number of aromatic nitrogens is 3. The Bertz CT molecular complexity index is 1040. The summed E-state index contributed by atoms with van der Waals surface area (Å²) in [7, 11) is 1.76. The number of carbonyl (C=O) groups excluding carboxylic acids is 1. The van der Waals surface area contributed by atoms with Crippen LogP contribution < -0.4 is 0 Å². The van der Waals surface area contributed by atoms with Gasteiger partial charge in [0.25, 0.3) is 0 Å². The zero-order valence-electron chi connectivity index (χ0n) is 16.9. The van der Waals surface area contributed by atoms with Gasteiger partial charge in [0.1, 0.15) is 18.5 Å². The maximum absolute atomic E-state index is 12.7. The molecule has 0 atom stereocenters. The predicted molar refractivity (Wildman–Crippen MR) is 111 cm³/mol. The van der Waals surface area contributed by atoms with Crippen molar-refractivity contribution in [3.05, 3.63) is 71.8 Å². The third-order valence-corrected chi connectivity index (χ3v) is 6.31. The summed E-state index contributed by atoms with van der Waals surface area (Å²) >= 11 is 0. The molecule has 154 valence electrons. The van der Waals surface area contributed by atoms with Gasteiger partial charge >= 0.3 is 6.09 Å². The number of ether oxygens (including phenoxy) is 1. The molecule has 1 fully saturated rings. The molecular weight excluding hydrogens is 380 g/mol. The van der Waals surface area contributed by atoms with Crippen molar-refractivity contribution in [2.45, 2.75) is 24.4 Å². The van der Waals surface area contributed by atoms with E-state index in [1.807, 2.05) is 24.3 Å². The molecule has 5 rings (SSSR count). The number of hydrogen-bond donors (Lipinski definition) is 1. The fraction of sp³-hybridized carbons (Fsp3) is 0.348. The third kappa shape index (κ3) is 3.06. The highest BCUT2D eigenvalue weighted by Crippen LogP contribution is 2.44. The van der Waals surface area contributed by atoms with Crippen LogP contribution in [0.1, 0.15) is 35.7 Å². The second kappa shape index (κ2) is 7.25. The first kappa shape index (κ1) is 18.8. The molecule has 3 aromatic rings. The minimum absolute atomic E-state index is 0.0433. The average Bonchev–Trinajstić information content (AvgIpc) is 3.34. The Balaban J connectivity index is 1.25. The summed E-state index contributed by atoms with van der Waals surface area (Å²) in [5, 5.41) is 15.0. The Labute approximate surface area is 174 Å². The Morgan fingerprint density at radius 1 is 1.10 bits per heavy atom. The molecule has 1 saturated heterocycles. The number of hydrogen-bond acceptors (Lipinski definition) is 5. The van der Waals surface area contributed by atoms with Crippen molar-refractivity contribution >= 4 is 6.09 Å². The van der Waals surface area contributed by atoms with Crippen molar-refractivity contribution in [2.75, 3.05) is 19.7 Å². The van der Waals surface area contributed by atoms with Gasteiger partial charge in [-0.05, 0) is 22.3 Å². The maximum atomic E-state index is 12.7. The van der Waals surface area contributed by atoms with Gasteiger partial charge < -0.3 is 14.7 Å². The van der Waals surface area contributed by atoms with Crippen molar-refractivity contribution < 1.29 is 14.6 Å². The fourth-order valence-corrected chi connectivity index (χ4v) is 4.69. The summed E-state index contributed by atoms with van der Waals surface area (Å²) in [4.78, 5) is 18.6. The Hall–Kier alpha value is -3.19. The first-order valence-electron chi connectivity index (χ1n) is 10.2. The molecule has 0 bridgehead atoms. The number of nitrogens with zero attached hydrogens (tertiary/aromatic N) is 4. The predicted octanol–water partition coefficient (Wildman–Crippen LogP) is 3.05. The third-order valence-electron chi connectivity index (χ3n) is 6.31. The summed E-state index contributed by atoms with van der Waals surface area (Å²) in [6, 6.07) is 16.6. The van der Waals surface area contributed by atoms with Crippen LogP contribution in [0, 0.1) is 0 Å². The highest BCUT2D eigenvalue weighted by molar-refractivity contribution is 5.79. The molecule has 1 aromatic heterocycles. The van der Waals surface area contributed by atoms with Gasteiger partial charge in [-0.15, -0.1) is 0 Å². The molecule has 1 N–H and O–H groups in total. The zero-order valence-corrected chi connectivity index (χ0v) is 16.9. The highest BCUT2D eigenvalue weighted by atomic mass is 16.6. The van der Waals surface area contributed by atoms with Crippen molar-refractivity contribution in [1.29, 1.82) is 0 Å². The molecule has 1 amide bonds. The second-order valence-corrected chi connectivity index (χ2v) is 8.03. The van der Waals surface area contributed by atoms with Gasteiger partial charge in [0.2, 0.25) is 0 Å². The zero-order chi connectivity index (χ0) is 20.7. The van der Waals surface area contributed by atoms with E-state index in [4.69, 9.17) is 4.74 Å². The number of aryl methyl sites for hydroxylation is 1. The summed E-state index contributed by atoms with van der Waals surface area (Å²) < 4.78 is 7.32. The molecule has 2 aliphatic rings. The van der Waals surface area contributed by atoms with E-state index < -0.39 is 5.60 Å². The van der Waals surface area contributed by atoms with Crippen LogP contribution in [0.2, 0.25) is 0 Å². The number of fused-ring (bicyclic) bond motifs is 3. The highest BCUT2D eigenvalue weighted by Gasteiger charge is 2.39. The SMILES string of the molecule is Cn1ncnc1C1(O)CCN(C(=O)OCC2c3ccccc3-c3ccccc32)CC1. The monoisotopic (exact) mass is 404 g/mol. The van der Waals surface area contributed by atoms with Gasteiger partial charge in [-0.3, -0.25) is 4.68 Å². The number of piperidine rings is 1. The van der Waals surface area contributed by atoms with Crippen LogP contribution in [-0.2, 0) is 17.4 Å². The molecule has 1 aliphatic carbocycles. The number of benzene rings is 2. The van der Waals surface area contributed by atoms with Crippen LogP contribution in [0.3, 0.4) is 0 Å². The van der Waals surface area contributed by atoms with Gasteiger partial charge in [0.15, 0.2) is 5.82 Å². The fourth-order valence-electron chi connectivity index (χ4n) is 4.69. The van der Waals surface area contributed by atoms with Crippen LogP contribution in [-0.4, -0.2) is 50.6 Å². The van der Waals surface area contributed by atoms with Gasteiger partial charge in [-0.2, -0.15) is 5.10 Å². The number of rotatable bonds is 3. The molecule has 0 saturated carbocycles. The Morgan fingerprint density at radius 2 is 1.70 bits per heavy atom. The van der Waals surface area contributed by atoms with Crippen molar-refractivity contribution in [1.82, 2.24) is 19.7 Å². The summed E-state index contributed by atoms with van der Waals surface area (Å²) in [5.74, 6) is 0.580. The quantitative estimate of drug-likeness (QED) is 0.726. The van der Waals surface area contributed by atoms with E-state index in [0.717, 1.165) is 0 Å². The normalized spacial score (nSPS) is 17.5. The number of likely N-dealkylation sites (tertiary alicyclic amines) is 1. The van der Waals surface area contributed by atoms with E-state index in [1.165, 1.54) is 28.6 Å². The number of aliphatic hydroxyl groups is 1. The first-order valence-corrected chi connectivity index (χ1v) is 10.2. The van der Waals surface area contributed by atoms with Crippen molar-refractivity contribution in [3.8, 4) is 11.1 Å². The van der Waals surface area contributed by atoms with E-state index >= 15 is 0 Å². The van der Waals surface area contributed by atoms with Gasteiger partial charge in [-0.1, -0.05) is 48.5 Å². The van der Waals surface area contributed by atoms with Gasteiger partial charge in [-0.25, -0.2) is 9.78 Å². The topological polar surface area (TPSA) is 80.5 Å². The molecule has 7 heteroatoms. The van der Waals surface area contributed by atoms with E-state index in [0.29, 0.717) is 38.4 Å². The van der Waals surface area contributed by atoms with Crippen molar-refractivity contribution in [3.63, 3.8) is 0 Å². The summed E-state index contributed by atoms with van der Waals surface area (Å²) in [6.07, 6.45) is 1.91. The molecule has 7 nitrogen and oxygen atoms in total. The number of amides is 1. The molecule has 2 heterocycles. The lowest BCUT2D eigenvalue weighted by molar-refractivity contribution is -0.0340. The van der Waals surface area contributed by atoms with Gasteiger partial charge in [0, 0.05) is 38.9 Å². The smallest absolute Gasteiger partial charge is 0.409 e. The number of carbonyl (C=O) groups is 1. The molecule has 30 heavy (non-hydrogen) atoms. The maximum Gasteiger partial charge on any atom is 0.409 e. The van der Waals surface area contributed by atoms with Crippen LogP contribution in [0.5, 0.6) is 0 Å². The van der Waals surface area contributed by atoms with Crippen LogP contribution >= 0.6 is 0 Å². The lowest BCUT2D eigenvalue weighted by atomic mass is 9.90. The molecular formula is C23H24N4O3. The van der Waals surface area contributed by atoms with Crippen LogP contribution in [0.15, 0.2) is 54.9 Å². The largest absolute Gasteiger partial charge is 0.448 e. The minimum atomic E-state index is -1.06. The minimum Gasteiger partial charge on any atom is -0.448 e. The standard InChI is InChI=1S/C23H24N4O3/c1-26-21(24-15-25-26)23(29)10-12-27(13-11-23)22(28)30-14-20-18-8-4-2-6-16(18)17-7-3-5-9-19(17)20/h2-9,15,20,29H,10-14H2,1H3. The van der Waals surface area contributed by atoms with Crippen molar-refractivity contribution in [2.24, 2.45) is 7.05 Å². The van der Waals surface area contributed by atoms with E-state index in [2.05, 4.69) is 34.3 Å². The van der Waals surface area contributed by atoms with E-state index in [1.54, 1.807) is 16.6 Å². The lowest BCUT2D eigenvalue weighted by Crippen LogP contribution is -2.46. The van der Waals surface area contributed by atoms with Crippen LogP contribution in [0.4, 0.5) is 4.79 Å². The first-order chi connectivity index (χ1) is 14.6. The van der Waals surface area contributed by atoms with Crippen LogP contribution in [0.25, 0.3) is 11.1 Å². The Morgan fingerprint density at radius 3 is 2.27 bits per heavy atom. The van der Waals surface area contributed by atoms with E-state index in [-0.39, 0.29) is 12.0 Å². The molecule has 1 aliphatic heterocycles. The summed E-state index contributed by atoms with van der Waals surface area (Å²) in [5.41, 5.74) is 3.75. The second-order valence-electron chi connectivity index (χ2n) is 8.03. The van der Waals surface area contributed by atoms with E-state index in [9.17, 15) is 9.90 Å². The Kier molecular flexibility index (Phi) is 4.55.